The quantitative estimate of drug-likeness (QED) is 0.383. The Kier molecular flexibility index (Phi) is 13.1. The molecule has 0 aromatic heterocycles. The molecule has 0 bridgehead atoms. The SMILES string of the molecule is O=C(CCCCCNC(=O)OCCCO)NCCCO. The van der Waals surface area contributed by atoms with Crippen LogP contribution < -0.4 is 10.6 Å². The third-order valence-corrected chi connectivity index (χ3v) is 2.54. The molecule has 0 aromatic rings. The molecule has 0 unspecified atom stereocenters. The van der Waals surface area contributed by atoms with Gasteiger partial charge >= 0.3 is 6.09 Å². The second kappa shape index (κ2) is 14.1. The number of carbonyl (C=O) groups is 2. The number of nitrogens with one attached hydrogen (secondary N) is 2. The van der Waals surface area contributed by atoms with Crippen molar-refractivity contribution in [3.8, 4) is 0 Å². The summed E-state index contributed by atoms with van der Waals surface area (Å²) in [5.41, 5.74) is 0. The summed E-state index contributed by atoms with van der Waals surface area (Å²) in [5.74, 6) is -0.00479. The van der Waals surface area contributed by atoms with Crippen LogP contribution in [0, 0.1) is 0 Å². The summed E-state index contributed by atoms with van der Waals surface area (Å²) in [7, 11) is 0. The van der Waals surface area contributed by atoms with Crippen molar-refractivity contribution in [3.05, 3.63) is 0 Å². The van der Waals surface area contributed by atoms with Crippen LogP contribution in [0.4, 0.5) is 4.79 Å². The third kappa shape index (κ3) is 13.1. The summed E-state index contributed by atoms with van der Waals surface area (Å²) >= 11 is 0. The Morgan fingerprint density at radius 3 is 2.25 bits per heavy atom. The van der Waals surface area contributed by atoms with E-state index in [1.807, 2.05) is 0 Å². The number of carbonyl (C=O) groups excluding carboxylic acids is 2. The molecule has 20 heavy (non-hydrogen) atoms. The van der Waals surface area contributed by atoms with E-state index in [1.165, 1.54) is 0 Å². The molecule has 0 aromatic carbocycles. The van der Waals surface area contributed by atoms with Gasteiger partial charge in [0, 0.05) is 39.1 Å². The highest BCUT2D eigenvalue weighted by Gasteiger charge is 2.02. The van der Waals surface area contributed by atoms with Gasteiger partial charge in [0.25, 0.3) is 0 Å². The van der Waals surface area contributed by atoms with Gasteiger partial charge in [-0.3, -0.25) is 4.79 Å². The standard InChI is InChI=1S/C13H26N2O5/c16-9-4-8-14-12(18)6-2-1-3-7-15-13(19)20-11-5-10-17/h16-17H,1-11H2,(H,14,18)(H,15,19). The topological polar surface area (TPSA) is 108 Å². The predicted molar refractivity (Wildman–Crippen MR) is 74.2 cm³/mol. The van der Waals surface area contributed by atoms with Crippen molar-refractivity contribution in [3.63, 3.8) is 0 Å². The van der Waals surface area contributed by atoms with Gasteiger partial charge in [-0.05, 0) is 19.3 Å². The fraction of sp³-hybridized carbons (Fsp3) is 0.846. The Morgan fingerprint density at radius 2 is 1.55 bits per heavy atom. The van der Waals surface area contributed by atoms with Crippen LogP contribution >= 0.6 is 0 Å². The fourth-order valence-corrected chi connectivity index (χ4v) is 1.45. The summed E-state index contributed by atoms with van der Waals surface area (Å²) in [4.78, 5) is 22.4. The molecule has 0 aliphatic heterocycles. The molecule has 0 rings (SSSR count). The van der Waals surface area contributed by atoms with Crippen molar-refractivity contribution in [2.45, 2.75) is 38.5 Å². The van der Waals surface area contributed by atoms with Gasteiger partial charge in [-0.15, -0.1) is 0 Å². The minimum atomic E-state index is -0.472. The van der Waals surface area contributed by atoms with Gasteiger partial charge in [0.05, 0.1) is 6.61 Å². The lowest BCUT2D eigenvalue weighted by Crippen LogP contribution is -2.26. The first kappa shape index (κ1) is 18.7. The van der Waals surface area contributed by atoms with E-state index in [0.29, 0.717) is 32.4 Å². The maximum absolute atomic E-state index is 11.3. The Balaban J connectivity index is 3.27. The van der Waals surface area contributed by atoms with E-state index in [0.717, 1.165) is 19.3 Å². The summed E-state index contributed by atoms with van der Waals surface area (Å²) in [6.45, 7) is 1.34. The first-order valence-corrected chi connectivity index (χ1v) is 7.09. The normalized spacial score (nSPS) is 10.1. The van der Waals surface area contributed by atoms with Crippen LogP contribution in [0.5, 0.6) is 0 Å². The van der Waals surface area contributed by atoms with Gasteiger partial charge in [0.2, 0.25) is 5.91 Å². The van der Waals surface area contributed by atoms with Crippen LogP contribution in [0.3, 0.4) is 0 Å². The molecule has 0 spiro atoms. The fourth-order valence-electron chi connectivity index (χ4n) is 1.45. The lowest BCUT2D eigenvalue weighted by atomic mass is 10.2. The molecule has 118 valence electrons. The second-order valence-electron chi connectivity index (χ2n) is 4.38. The van der Waals surface area contributed by atoms with E-state index in [9.17, 15) is 9.59 Å². The summed E-state index contributed by atoms with van der Waals surface area (Å²) in [6, 6.07) is 0. The van der Waals surface area contributed by atoms with E-state index < -0.39 is 6.09 Å². The third-order valence-electron chi connectivity index (χ3n) is 2.54. The van der Waals surface area contributed by atoms with Crippen LogP contribution in [0.25, 0.3) is 0 Å². The minimum absolute atomic E-state index is 0.00479. The van der Waals surface area contributed by atoms with Crippen molar-refractivity contribution in [1.82, 2.24) is 10.6 Å². The van der Waals surface area contributed by atoms with Crippen molar-refractivity contribution in [2.75, 3.05) is 32.9 Å². The Labute approximate surface area is 119 Å². The largest absolute Gasteiger partial charge is 0.449 e. The maximum atomic E-state index is 11.3. The molecule has 4 N–H and O–H groups in total. The summed E-state index contributed by atoms with van der Waals surface area (Å²) in [5, 5.41) is 22.4. The molecule has 0 saturated heterocycles. The minimum Gasteiger partial charge on any atom is -0.449 e. The lowest BCUT2D eigenvalue weighted by Gasteiger charge is -2.06. The van der Waals surface area contributed by atoms with E-state index in [2.05, 4.69) is 10.6 Å². The first-order valence-electron chi connectivity index (χ1n) is 7.09. The zero-order valence-electron chi connectivity index (χ0n) is 11.9. The average Bonchev–Trinajstić information content (AvgIpc) is 2.43. The number of alkyl carbamates (subject to hydrolysis) is 1. The number of amides is 2. The van der Waals surface area contributed by atoms with Gasteiger partial charge < -0.3 is 25.6 Å². The Bertz CT molecular complexity index is 235. The molecule has 0 fully saturated rings. The number of aliphatic hydroxyl groups excluding tert-OH is 2. The van der Waals surface area contributed by atoms with Crippen LogP contribution in [0.15, 0.2) is 0 Å². The molecule has 0 atom stereocenters. The molecule has 0 radical (unpaired) electrons. The molecular formula is C13H26N2O5. The molecule has 0 saturated carbocycles. The number of rotatable bonds is 12. The average molecular weight is 290 g/mol. The second-order valence-corrected chi connectivity index (χ2v) is 4.38. The van der Waals surface area contributed by atoms with Gasteiger partial charge in [0.15, 0.2) is 0 Å². The van der Waals surface area contributed by atoms with Gasteiger partial charge in [-0.25, -0.2) is 4.79 Å². The lowest BCUT2D eigenvalue weighted by molar-refractivity contribution is -0.121. The molecule has 2 amide bonds. The van der Waals surface area contributed by atoms with Gasteiger partial charge in [-0.2, -0.15) is 0 Å². The zero-order chi connectivity index (χ0) is 15.1. The predicted octanol–water partition coefficient (Wildman–Crippen LogP) is 0.154. The smallest absolute Gasteiger partial charge is 0.407 e. The molecule has 0 aliphatic carbocycles. The van der Waals surface area contributed by atoms with Gasteiger partial charge in [-0.1, -0.05) is 6.42 Å². The van der Waals surface area contributed by atoms with Crippen LogP contribution in [0.1, 0.15) is 38.5 Å². The molecule has 0 heterocycles. The Morgan fingerprint density at radius 1 is 0.850 bits per heavy atom. The van der Waals surface area contributed by atoms with Crippen molar-refractivity contribution < 1.29 is 24.5 Å². The van der Waals surface area contributed by atoms with Crippen LogP contribution in [-0.2, 0) is 9.53 Å². The van der Waals surface area contributed by atoms with E-state index in [-0.39, 0.29) is 25.7 Å². The molecule has 7 heteroatoms. The van der Waals surface area contributed by atoms with E-state index >= 15 is 0 Å². The monoisotopic (exact) mass is 290 g/mol. The highest BCUT2D eigenvalue weighted by atomic mass is 16.5. The Hall–Kier alpha value is -1.34. The highest BCUT2D eigenvalue weighted by Crippen LogP contribution is 1.99. The number of hydrogen-bond donors (Lipinski definition) is 4. The maximum Gasteiger partial charge on any atom is 0.407 e. The molecule has 0 aliphatic rings. The summed E-state index contributed by atoms with van der Waals surface area (Å²) in [6.07, 6.45) is 3.43. The number of hydrogen-bond acceptors (Lipinski definition) is 5. The highest BCUT2D eigenvalue weighted by molar-refractivity contribution is 5.75. The van der Waals surface area contributed by atoms with E-state index in [1.54, 1.807) is 0 Å². The summed E-state index contributed by atoms with van der Waals surface area (Å²) < 4.78 is 4.79. The molecule has 7 nitrogen and oxygen atoms in total. The van der Waals surface area contributed by atoms with Crippen LogP contribution in [-0.4, -0.2) is 55.1 Å². The van der Waals surface area contributed by atoms with Crippen molar-refractivity contribution >= 4 is 12.0 Å². The number of ether oxygens (including phenoxy) is 1. The zero-order valence-corrected chi connectivity index (χ0v) is 11.9. The number of unbranched alkanes of at least 4 members (excludes halogenated alkanes) is 2. The van der Waals surface area contributed by atoms with E-state index in [4.69, 9.17) is 14.9 Å². The number of aliphatic hydroxyl groups is 2. The van der Waals surface area contributed by atoms with Gasteiger partial charge in [0.1, 0.15) is 0 Å². The van der Waals surface area contributed by atoms with Crippen LogP contribution in [0.2, 0.25) is 0 Å². The first-order chi connectivity index (χ1) is 9.70. The van der Waals surface area contributed by atoms with Crippen molar-refractivity contribution in [2.24, 2.45) is 0 Å². The van der Waals surface area contributed by atoms with Crippen molar-refractivity contribution in [1.29, 1.82) is 0 Å². The molecular weight excluding hydrogens is 264 g/mol.